The standard InChI is InChI=1S/C11H11BrO2/c1-3-10(13)8-5-6-11(14-4-2)9(12)7-8/h3,5-7H,1,4H2,2H3. The summed E-state index contributed by atoms with van der Waals surface area (Å²) in [5.41, 5.74) is 0.607. The Bertz CT molecular complexity index is 358. The number of hydrogen-bond donors (Lipinski definition) is 0. The van der Waals surface area contributed by atoms with Crippen LogP contribution in [-0.2, 0) is 0 Å². The zero-order chi connectivity index (χ0) is 10.6. The third-order valence-corrected chi connectivity index (χ3v) is 2.32. The molecule has 0 heterocycles. The number of rotatable bonds is 4. The fraction of sp³-hybridized carbons (Fsp3) is 0.182. The highest BCUT2D eigenvalue weighted by atomic mass is 79.9. The van der Waals surface area contributed by atoms with Crippen molar-refractivity contribution in [3.8, 4) is 5.75 Å². The lowest BCUT2D eigenvalue weighted by Gasteiger charge is -2.06. The molecular formula is C11H11BrO2. The summed E-state index contributed by atoms with van der Waals surface area (Å²) in [5.74, 6) is 0.655. The molecule has 0 aliphatic rings. The minimum atomic E-state index is -0.0891. The van der Waals surface area contributed by atoms with Gasteiger partial charge in [-0.15, -0.1) is 0 Å². The first-order valence-corrected chi connectivity index (χ1v) is 5.07. The summed E-state index contributed by atoms with van der Waals surface area (Å²) in [6.07, 6.45) is 1.29. The number of carbonyl (C=O) groups excluding carboxylic acids is 1. The smallest absolute Gasteiger partial charge is 0.185 e. The minimum Gasteiger partial charge on any atom is -0.493 e. The highest BCUT2D eigenvalue weighted by Gasteiger charge is 2.05. The molecule has 1 aromatic rings. The quantitative estimate of drug-likeness (QED) is 0.610. The van der Waals surface area contributed by atoms with Gasteiger partial charge >= 0.3 is 0 Å². The van der Waals surface area contributed by atoms with E-state index in [1.54, 1.807) is 18.2 Å². The molecule has 0 N–H and O–H groups in total. The van der Waals surface area contributed by atoms with E-state index in [2.05, 4.69) is 22.5 Å². The molecule has 0 unspecified atom stereocenters. The number of hydrogen-bond acceptors (Lipinski definition) is 2. The molecule has 1 aromatic carbocycles. The summed E-state index contributed by atoms with van der Waals surface area (Å²) in [5, 5.41) is 0. The van der Waals surface area contributed by atoms with Gasteiger partial charge in [-0.2, -0.15) is 0 Å². The zero-order valence-electron chi connectivity index (χ0n) is 7.92. The topological polar surface area (TPSA) is 26.3 Å². The van der Waals surface area contributed by atoms with Crippen LogP contribution in [-0.4, -0.2) is 12.4 Å². The van der Waals surface area contributed by atoms with E-state index in [9.17, 15) is 4.79 Å². The van der Waals surface area contributed by atoms with Gasteiger partial charge in [0.25, 0.3) is 0 Å². The molecule has 2 nitrogen and oxygen atoms in total. The number of benzene rings is 1. The summed E-state index contributed by atoms with van der Waals surface area (Å²) < 4.78 is 6.11. The summed E-state index contributed by atoms with van der Waals surface area (Å²) >= 11 is 3.33. The highest BCUT2D eigenvalue weighted by Crippen LogP contribution is 2.26. The number of halogens is 1. The first-order valence-electron chi connectivity index (χ1n) is 4.28. The first-order chi connectivity index (χ1) is 6.69. The van der Waals surface area contributed by atoms with Gasteiger partial charge in [0.15, 0.2) is 5.78 Å². The fourth-order valence-electron chi connectivity index (χ4n) is 1.04. The van der Waals surface area contributed by atoms with E-state index in [1.807, 2.05) is 6.92 Å². The van der Waals surface area contributed by atoms with Gasteiger partial charge < -0.3 is 4.74 Å². The van der Waals surface area contributed by atoms with Crippen molar-refractivity contribution in [2.24, 2.45) is 0 Å². The Kier molecular flexibility index (Phi) is 3.89. The summed E-state index contributed by atoms with van der Waals surface area (Å²) in [4.78, 5) is 11.3. The van der Waals surface area contributed by atoms with Crippen LogP contribution in [0.25, 0.3) is 0 Å². The van der Waals surface area contributed by atoms with Crippen LogP contribution in [0, 0.1) is 0 Å². The van der Waals surface area contributed by atoms with Crippen LogP contribution in [0.1, 0.15) is 17.3 Å². The Hall–Kier alpha value is -1.09. The van der Waals surface area contributed by atoms with Crippen LogP contribution >= 0.6 is 15.9 Å². The van der Waals surface area contributed by atoms with E-state index in [0.29, 0.717) is 12.2 Å². The molecule has 0 radical (unpaired) electrons. The second kappa shape index (κ2) is 4.96. The second-order valence-corrected chi connectivity index (χ2v) is 3.50. The SMILES string of the molecule is C=CC(=O)c1ccc(OCC)c(Br)c1. The van der Waals surface area contributed by atoms with Gasteiger partial charge in [0.1, 0.15) is 5.75 Å². The predicted molar refractivity (Wildman–Crippen MR) is 59.8 cm³/mol. The maximum atomic E-state index is 11.3. The van der Waals surface area contributed by atoms with Gasteiger partial charge in [-0.3, -0.25) is 4.79 Å². The molecule has 0 atom stereocenters. The third-order valence-electron chi connectivity index (χ3n) is 1.70. The van der Waals surface area contributed by atoms with E-state index in [1.165, 1.54) is 6.08 Å². The third kappa shape index (κ3) is 2.45. The van der Waals surface area contributed by atoms with Crippen molar-refractivity contribution < 1.29 is 9.53 Å². The first kappa shape index (κ1) is 11.0. The van der Waals surface area contributed by atoms with Crippen LogP contribution in [0.2, 0.25) is 0 Å². The maximum absolute atomic E-state index is 11.3. The predicted octanol–water partition coefficient (Wildman–Crippen LogP) is 3.22. The van der Waals surface area contributed by atoms with Crippen LogP contribution in [0.3, 0.4) is 0 Å². The Labute approximate surface area is 91.7 Å². The molecule has 14 heavy (non-hydrogen) atoms. The van der Waals surface area contributed by atoms with Crippen molar-refractivity contribution in [1.29, 1.82) is 0 Å². The molecule has 74 valence electrons. The molecule has 0 bridgehead atoms. The monoisotopic (exact) mass is 254 g/mol. The average Bonchev–Trinajstić information content (AvgIpc) is 2.20. The fourth-order valence-corrected chi connectivity index (χ4v) is 1.54. The zero-order valence-corrected chi connectivity index (χ0v) is 9.50. The average molecular weight is 255 g/mol. The normalized spacial score (nSPS) is 9.57. The number of ketones is 1. The van der Waals surface area contributed by atoms with Crippen LogP contribution in [0.5, 0.6) is 5.75 Å². The summed E-state index contributed by atoms with van der Waals surface area (Å²) in [6.45, 7) is 5.95. The van der Waals surface area contributed by atoms with Crippen LogP contribution in [0.4, 0.5) is 0 Å². The molecule has 0 amide bonds. The Morgan fingerprint density at radius 3 is 2.86 bits per heavy atom. The largest absolute Gasteiger partial charge is 0.493 e. The van der Waals surface area contributed by atoms with Gasteiger partial charge in [-0.05, 0) is 47.1 Å². The van der Waals surface area contributed by atoms with Crippen molar-refractivity contribution in [2.45, 2.75) is 6.92 Å². The maximum Gasteiger partial charge on any atom is 0.185 e. The van der Waals surface area contributed by atoms with Gasteiger partial charge in [0, 0.05) is 5.56 Å². The van der Waals surface area contributed by atoms with Crippen molar-refractivity contribution in [1.82, 2.24) is 0 Å². The number of carbonyl (C=O) groups is 1. The van der Waals surface area contributed by atoms with Gasteiger partial charge in [0.2, 0.25) is 0 Å². The Balaban J connectivity index is 2.99. The van der Waals surface area contributed by atoms with Crippen LogP contribution in [0.15, 0.2) is 35.3 Å². The second-order valence-electron chi connectivity index (χ2n) is 2.65. The minimum absolute atomic E-state index is 0.0891. The van der Waals surface area contributed by atoms with E-state index in [4.69, 9.17) is 4.74 Å². The van der Waals surface area contributed by atoms with E-state index in [-0.39, 0.29) is 5.78 Å². The van der Waals surface area contributed by atoms with Gasteiger partial charge in [-0.1, -0.05) is 6.58 Å². The van der Waals surface area contributed by atoms with E-state index in [0.717, 1.165) is 10.2 Å². The molecule has 0 spiro atoms. The molecule has 0 aliphatic heterocycles. The Morgan fingerprint density at radius 1 is 1.64 bits per heavy atom. The molecule has 0 aromatic heterocycles. The van der Waals surface area contributed by atoms with Crippen molar-refractivity contribution in [3.63, 3.8) is 0 Å². The summed E-state index contributed by atoms with van der Waals surface area (Å²) in [6, 6.07) is 5.22. The number of allylic oxidation sites excluding steroid dienone is 1. The lowest BCUT2D eigenvalue weighted by Crippen LogP contribution is -1.96. The molecule has 0 fully saturated rings. The van der Waals surface area contributed by atoms with Gasteiger partial charge in [-0.25, -0.2) is 0 Å². The molecule has 0 saturated heterocycles. The van der Waals surface area contributed by atoms with Crippen molar-refractivity contribution >= 4 is 21.7 Å². The molecule has 3 heteroatoms. The summed E-state index contributed by atoms with van der Waals surface area (Å²) in [7, 11) is 0. The molecular weight excluding hydrogens is 244 g/mol. The number of ether oxygens (including phenoxy) is 1. The molecule has 0 aliphatic carbocycles. The van der Waals surface area contributed by atoms with E-state index >= 15 is 0 Å². The van der Waals surface area contributed by atoms with Crippen LogP contribution < -0.4 is 4.74 Å². The molecule has 1 rings (SSSR count). The van der Waals surface area contributed by atoms with Gasteiger partial charge in [0.05, 0.1) is 11.1 Å². The lowest BCUT2D eigenvalue weighted by atomic mass is 10.1. The highest BCUT2D eigenvalue weighted by molar-refractivity contribution is 9.10. The van der Waals surface area contributed by atoms with Crippen molar-refractivity contribution in [3.05, 3.63) is 40.9 Å². The van der Waals surface area contributed by atoms with E-state index < -0.39 is 0 Å². The Morgan fingerprint density at radius 2 is 2.36 bits per heavy atom. The lowest BCUT2D eigenvalue weighted by molar-refractivity contribution is 0.104. The molecule has 0 saturated carbocycles. The van der Waals surface area contributed by atoms with Crippen molar-refractivity contribution in [2.75, 3.05) is 6.61 Å².